The molecular weight excluding hydrogens is 298 g/mol. The second kappa shape index (κ2) is 8.17. The highest BCUT2D eigenvalue weighted by atomic mass is 16.6. The highest BCUT2D eigenvalue weighted by molar-refractivity contribution is 5.94. The number of hydrogen-bond donors (Lipinski definition) is 3. The van der Waals surface area contributed by atoms with Gasteiger partial charge in [0, 0.05) is 17.8 Å². The summed E-state index contributed by atoms with van der Waals surface area (Å²) in [4.78, 5) is 34.4. The minimum atomic E-state index is -0.648. The van der Waals surface area contributed by atoms with E-state index in [1.54, 1.807) is 52.0 Å². The van der Waals surface area contributed by atoms with Crippen molar-refractivity contribution in [1.29, 1.82) is 0 Å². The van der Waals surface area contributed by atoms with Crippen molar-refractivity contribution in [1.82, 2.24) is 5.32 Å². The van der Waals surface area contributed by atoms with Crippen molar-refractivity contribution in [3.8, 4) is 0 Å². The van der Waals surface area contributed by atoms with Crippen LogP contribution in [-0.2, 0) is 14.3 Å². The first-order valence-corrected chi connectivity index (χ1v) is 7.36. The molecule has 7 heteroatoms. The molecule has 0 unspecified atom stereocenters. The van der Waals surface area contributed by atoms with E-state index in [9.17, 15) is 14.4 Å². The number of ether oxygens (including phenoxy) is 1. The van der Waals surface area contributed by atoms with Crippen molar-refractivity contribution in [2.24, 2.45) is 0 Å². The summed E-state index contributed by atoms with van der Waals surface area (Å²) >= 11 is 0. The molecule has 0 aliphatic carbocycles. The van der Waals surface area contributed by atoms with Crippen LogP contribution >= 0.6 is 0 Å². The lowest BCUT2D eigenvalue weighted by Crippen LogP contribution is -2.37. The van der Waals surface area contributed by atoms with Crippen LogP contribution in [0.2, 0.25) is 0 Å². The van der Waals surface area contributed by atoms with Crippen LogP contribution in [0.3, 0.4) is 0 Å². The molecule has 0 fully saturated rings. The molecule has 0 atom stereocenters. The minimum absolute atomic E-state index is 0.0802. The lowest BCUT2D eigenvalue weighted by molar-refractivity contribution is -0.116. The van der Waals surface area contributed by atoms with Gasteiger partial charge >= 0.3 is 6.09 Å². The fourth-order valence-corrected chi connectivity index (χ4v) is 1.56. The topological polar surface area (TPSA) is 96.5 Å². The van der Waals surface area contributed by atoms with E-state index < -0.39 is 11.7 Å². The van der Waals surface area contributed by atoms with Gasteiger partial charge in [0.15, 0.2) is 0 Å². The molecule has 0 spiro atoms. The van der Waals surface area contributed by atoms with E-state index in [0.29, 0.717) is 17.8 Å². The van der Waals surface area contributed by atoms with Crippen molar-refractivity contribution in [2.45, 2.75) is 39.7 Å². The Morgan fingerprint density at radius 1 is 0.957 bits per heavy atom. The Morgan fingerprint density at radius 3 is 1.87 bits per heavy atom. The van der Waals surface area contributed by atoms with Gasteiger partial charge in [-0.3, -0.25) is 9.59 Å². The highest BCUT2D eigenvalue weighted by Gasteiger charge is 2.16. The molecule has 0 saturated carbocycles. The van der Waals surface area contributed by atoms with Crippen molar-refractivity contribution in [3.05, 3.63) is 24.3 Å². The number of carbonyl (C=O) groups is 3. The third-order valence-electron chi connectivity index (χ3n) is 2.57. The molecule has 7 nitrogen and oxygen atoms in total. The van der Waals surface area contributed by atoms with Crippen LogP contribution in [0.1, 0.15) is 34.1 Å². The highest BCUT2D eigenvalue weighted by Crippen LogP contribution is 2.13. The standard InChI is InChI=1S/C16H23N3O4/c1-5-13(20)18-11-6-8-12(9-7-11)19-14(21)10-17-15(22)23-16(2,3)4/h6-9H,5,10H2,1-4H3,(H,17,22)(H,18,20)(H,19,21). The molecule has 3 N–H and O–H groups in total. The van der Waals surface area contributed by atoms with E-state index in [2.05, 4.69) is 16.0 Å². The van der Waals surface area contributed by atoms with Crippen LogP contribution in [0.25, 0.3) is 0 Å². The van der Waals surface area contributed by atoms with Crippen LogP contribution in [0, 0.1) is 0 Å². The summed E-state index contributed by atoms with van der Waals surface area (Å²) in [5.41, 5.74) is 0.608. The third-order valence-corrected chi connectivity index (χ3v) is 2.57. The maximum absolute atomic E-state index is 11.7. The zero-order valence-electron chi connectivity index (χ0n) is 13.9. The van der Waals surface area contributed by atoms with Gasteiger partial charge < -0.3 is 20.7 Å². The molecule has 126 valence electrons. The Morgan fingerprint density at radius 2 is 1.43 bits per heavy atom. The number of nitrogens with one attached hydrogen (secondary N) is 3. The molecule has 0 aromatic heterocycles. The van der Waals surface area contributed by atoms with Crippen molar-refractivity contribution in [2.75, 3.05) is 17.2 Å². The molecule has 1 aromatic carbocycles. The summed E-state index contributed by atoms with van der Waals surface area (Å²) in [6, 6.07) is 6.70. The monoisotopic (exact) mass is 321 g/mol. The predicted octanol–water partition coefficient (Wildman–Crippen LogP) is 2.50. The number of anilines is 2. The summed E-state index contributed by atoms with van der Waals surface area (Å²) in [5, 5.41) is 7.72. The van der Waals surface area contributed by atoms with Crippen LogP contribution < -0.4 is 16.0 Å². The number of hydrogen-bond acceptors (Lipinski definition) is 4. The second-order valence-corrected chi connectivity index (χ2v) is 5.88. The Labute approximate surface area is 135 Å². The molecule has 0 heterocycles. The average molecular weight is 321 g/mol. The van der Waals surface area contributed by atoms with Crippen LogP contribution in [0.5, 0.6) is 0 Å². The van der Waals surface area contributed by atoms with Gasteiger partial charge in [0.25, 0.3) is 0 Å². The number of alkyl carbamates (subject to hydrolysis) is 1. The van der Waals surface area contributed by atoms with Crippen LogP contribution in [-0.4, -0.2) is 30.1 Å². The maximum atomic E-state index is 11.7. The summed E-state index contributed by atoms with van der Waals surface area (Å²) in [6.45, 7) is 6.80. The van der Waals surface area contributed by atoms with E-state index in [1.807, 2.05) is 0 Å². The molecule has 0 bridgehead atoms. The largest absolute Gasteiger partial charge is 0.444 e. The summed E-state index contributed by atoms with van der Waals surface area (Å²) in [6.07, 6.45) is -0.250. The molecule has 3 amide bonds. The maximum Gasteiger partial charge on any atom is 0.408 e. The second-order valence-electron chi connectivity index (χ2n) is 5.88. The van der Waals surface area contributed by atoms with E-state index in [4.69, 9.17) is 4.74 Å². The van der Waals surface area contributed by atoms with Gasteiger partial charge in [-0.15, -0.1) is 0 Å². The molecule has 0 aliphatic heterocycles. The van der Waals surface area contributed by atoms with Gasteiger partial charge in [0.2, 0.25) is 11.8 Å². The fraction of sp³-hybridized carbons (Fsp3) is 0.438. The zero-order chi connectivity index (χ0) is 17.5. The van der Waals surface area contributed by atoms with Crippen LogP contribution in [0.15, 0.2) is 24.3 Å². The van der Waals surface area contributed by atoms with Gasteiger partial charge in [-0.25, -0.2) is 4.79 Å². The van der Waals surface area contributed by atoms with E-state index in [0.717, 1.165) is 0 Å². The van der Waals surface area contributed by atoms with E-state index >= 15 is 0 Å². The molecule has 1 aromatic rings. The van der Waals surface area contributed by atoms with Crippen molar-refractivity contribution in [3.63, 3.8) is 0 Å². The van der Waals surface area contributed by atoms with E-state index in [1.165, 1.54) is 0 Å². The first-order valence-electron chi connectivity index (χ1n) is 7.36. The molecular formula is C16H23N3O4. The van der Waals surface area contributed by atoms with Crippen molar-refractivity contribution >= 4 is 29.3 Å². The Hall–Kier alpha value is -2.57. The quantitative estimate of drug-likeness (QED) is 0.776. The number of rotatable bonds is 5. The van der Waals surface area contributed by atoms with Gasteiger partial charge in [-0.1, -0.05) is 6.92 Å². The fourth-order valence-electron chi connectivity index (χ4n) is 1.56. The predicted molar refractivity (Wildman–Crippen MR) is 88.2 cm³/mol. The number of carbonyl (C=O) groups excluding carboxylic acids is 3. The third kappa shape index (κ3) is 7.85. The Kier molecular flexibility index (Phi) is 6.56. The molecule has 1 rings (SSSR count). The van der Waals surface area contributed by atoms with Gasteiger partial charge in [0.05, 0.1) is 0 Å². The summed E-state index contributed by atoms with van der Waals surface area (Å²) in [5.74, 6) is -0.454. The minimum Gasteiger partial charge on any atom is -0.444 e. The smallest absolute Gasteiger partial charge is 0.408 e. The van der Waals surface area contributed by atoms with Crippen LogP contribution in [0.4, 0.5) is 16.2 Å². The Balaban J connectivity index is 2.42. The summed E-state index contributed by atoms with van der Waals surface area (Å²) < 4.78 is 5.03. The number of amides is 3. The summed E-state index contributed by atoms with van der Waals surface area (Å²) in [7, 11) is 0. The molecule has 0 saturated heterocycles. The normalized spacial score (nSPS) is 10.6. The Bertz CT molecular complexity index is 562. The first-order chi connectivity index (χ1) is 10.7. The van der Waals surface area contributed by atoms with Gasteiger partial charge in [0.1, 0.15) is 12.1 Å². The lowest BCUT2D eigenvalue weighted by atomic mass is 10.2. The molecule has 0 radical (unpaired) electrons. The zero-order valence-corrected chi connectivity index (χ0v) is 13.9. The van der Waals surface area contributed by atoms with Gasteiger partial charge in [-0.05, 0) is 45.0 Å². The van der Waals surface area contributed by atoms with Crippen molar-refractivity contribution < 1.29 is 19.1 Å². The number of benzene rings is 1. The molecule has 0 aliphatic rings. The first kappa shape index (κ1) is 18.5. The van der Waals surface area contributed by atoms with Gasteiger partial charge in [-0.2, -0.15) is 0 Å². The lowest BCUT2D eigenvalue weighted by Gasteiger charge is -2.19. The van der Waals surface area contributed by atoms with E-state index in [-0.39, 0.29) is 18.4 Å². The SMILES string of the molecule is CCC(=O)Nc1ccc(NC(=O)CNC(=O)OC(C)(C)C)cc1. The average Bonchev–Trinajstić information content (AvgIpc) is 2.45. The molecule has 23 heavy (non-hydrogen) atoms.